The van der Waals surface area contributed by atoms with Crippen molar-refractivity contribution in [2.75, 3.05) is 13.2 Å². The number of nitrogens with zero attached hydrogens (tertiary/aromatic N) is 1. The fraction of sp³-hybridized carbons (Fsp3) is 0.667. The van der Waals surface area contributed by atoms with Crippen LogP contribution in [0.4, 0.5) is 0 Å². The van der Waals surface area contributed by atoms with Gasteiger partial charge in [-0.2, -0.15) is 0 Å². The molecule has 0 aromatic heterocycles. The van der Waals surface area contributed by atoms with Crippen LogP contribution in [-0.2, 0) is 12.6 Å². The van der Waals surface area contributed by atoms with Gasteiger partial charge in [0.2, 0.25) is 0 Å². The molecule has 42 valence electrons. The summed E-state index contributed by atoms with van der Waals surface area (Å²) in [6.07, 6.45) is 0. The molecule has 0 aromatic rings. The third-order valence-corrected chi connectivity index (χ3v) is 0.129. The number of rotatable bonds is 1. The van der Waals surface area contributed by atoms with Gasteiger partial charge in [0.25, 0.3) is 0 Å². The van der Waals surface area contributed by atoms with Crippen molar-refractivity contribution in [1.29, 1.82) is 5.26 Å². The molecule has 0 aromatic carbocycles. The zero-order valence-electron chi connectivity index (χ0n) is 3.79. The Hall–Kier alpha value is -0.370. The van der Waals surface area contributed by atoms with Crippen LogP contribution in [0.2, 0.25) is 0 Å². The Morgan fingerprint density at radius 3 is 2.00 bits per heavy atom. The zero-order chi connectivity index (χ0) is 6.12. The molecule has 3 N–H and O–H groups in total. The first-order valence-corrected chi connectivity index (χ1v) is 2.06. The van der Waals surface area contributed by atoms with E-state index in [-0.39, 0.29) is 6.61 Å². The minimum atomic E-state index is 0.0972. The number of nitriles is 1. The molecular formula is C3H7N2OS-. The third-order valence-electron chi connectivity index (χ3n) is 0.129. The minimum absolute atomic E-state index is 0.0972. The van der Waals surface area contributed by atoms with Crippen molar-refractivity contribution in [1.82, 2.24) is 0 Å². The lowest BCUT2D eigenvalue weighted by Gasteiger charge is -1.71. The van der Waals surface area contributed by atoms with Gasteiger partial charge in [-0.25, -0.2) is 5.26 Å². The summed E-state index contributed by atoms with van der Waals surface area (Å²) in [5, 5.41) is 16.2. The number of nitrogens with two attached hydrogens (primary N) is 1. The van der Waals surface area contributed by atoms with Crippen LogP contribution in [-0.4, -0.2) is 18.3 Å². The van der Waals surface area contributed by atoms with Crippen molar-refractivity contribution < 1.29 is 5.11 Å². The van der Waals surface area contributed by atoms with E-state index in [9.17, 15) is 0 Å². The molecule has 0 amide bonds. The smallest absolute Gasteiger partial charge is 0.0553 e. The summed E-state index contributed by atoms with van der Waals surface area (Å²) in [5.41, 5.74) is 4.78. The summed E-state index contributed by atoms with van der Waals surface area (Å²) in [6.45, 7) is 0.472. The largest absolute Gasteiger partial charge is 0.696 e. The van der Waals surface area contributed by atoms with Crippen LogP contribution in [0, 0.1) is 10.7 Å². The predicted molar refractivity (Wildman–Crippen MR) is 29.1 cm³/mol. The van der Waals surface area contributed by atoms with Gasteiger partial charge in [-0.3, -0.25) is 0 Å². The highest BCUT2D eigenvalue weighted by Gasteiger charge is 1.56. The summed E-state index contributed by atoms with van der Waals surface area (Å²) in [7, 11) is 0. The van der Waals surface area contributed by atoms with Crippen molar-refractivity contribution >= 4 is 12.6 Å². The lowest BCUT2D eigenvalue weighted by molar-refractivity contribution is 0.306. The second-order valence-corrected chi connectivity index (χ2v) is 0.786. The highest BCUT2D eigenvalue weighted by Crippen LogP contribution is 1.33. The predicted octanol–water partition coefficient (Wildman–Crippen LogP) is -1.05. The lowest BCUT2D eigenvalue weighted by Crippen LogP contribution is -2.02. The van der Waals surface area contributed by atoms with E-state index >= 15 is 0 Å². The second kappa shape index (κ2) is 17.4. The fourth-order valence-electron chi connectivity index (χ4n) is 0. The SMILES string of the molecule is N#C[S-].NCCO. The minimum Gasteiger partial charge on any atom is -0.696 e. The Bertz CT molecular complexity index is 49.4. The molecule has 0 spiro atoms. The average molecular weight is 119 g/mol. The van der Waals surface area contributed by atoms with Crippen molar-refractivity contribution in [3.63, 3.8) is 0 Å². The Morgan fingerprint density at radius 2 is 2.00 bits per heavy atom. The average Bonchev–Trinajstić information content (AvgIpc) is 1.69. The molecule has 7 heavy (non-hydrogen) atoms. The topological polar surface area (TPSA) is 70.0 Å². The first kappa shape index (κ1) is 9.80. The van der Waals surface area contributed by atoms with E-state index < -0.39 is 0 Å². The standard InChI is InChI=1S/C2H7NO.CHNS/c3-1-2-4;2-1-3/h4H,1-3H2;3H/p-1. The van der Waals surface area contributed by atoms with Gasteiger partial charge in [-0.05, 0) is 0 Å². The van der Waals surface area contributed by atoms with Crippen LogP contribution in [0.1, 0.15) is 0 Å². The quantitative estimate of drug-likeness (QED) is 0.341. The van der Waals surface area contributed by atoms with E-state index in [0.29, 0.717) is 6.54 Å². The van der Waals surface area contributed by atoms with Crippen molar-refractivity contribution in [3.05, 3.63) is 0 Å². The first-order valence-electron chi connectivity index (χ1n) is 1.65. The molecule has 0 saturated carbocycles. The maximum Gasteiger partial charge on any atom is 0.0553 e. The molecule has 4 heteroatoms. The molecule has 0 aliphatic carbocycles. The molecule has 0 unspecified atom stereocenters. The summed E-state index contributed by atoms with van der Waals surface area (Å²) in [6, 6.07) is 0. The van der Waals surface area contributed by atoms with E-state index in [4.69, 9.17) is 16.1 Å². The molecule has 0 rings (SSSR count). The first-order chi connectivity index (χ1) is 3.33. The Morgan fingerprint density at radius 1 is 1.86 bits per heavy atom. The van der Waals surface area contributed by atoms with E-state index in [1.165, 1.54) is 5.40 Å². The van der Waals surface area contributed by atoms with Gasteiger partial charge >= 0.3 is 0 Å². The van der Waals surface area contributed by atoms with Gasteiger partial charge < -0.3 is 23.5 Å². The number of hydrogen-bond acceptors (Lipinski definition) is 4. The second-order valence-electron chi connectivity index (χ2n) is 0.604. The molecule has 0 aliphatic rings. The lowest BCUT2D eigenvalue weighted by atomic mass is 10.8. The summed E-state index contributed by atoms with van der Waals surface area (Å²) >= 11 is 3.70. The van der Waals surface area contributed by atoms with E-state index in [1.807, 2.05) is 0 Å². The van der Waals surface area contributed by atoms with Crippen LogP contribution in [0.25, 0.3) is 0 Å². The van der Waals surface area contributed by atoms with Crippen molar-refractivity contribution in [2.45, 2.75) is 0 Å². The van der Waals surface area contributed by atoms with Gasteiger partial charge in [-0.1, -0.05) is 5.40 Å². The summed E-state index contributed by atoms with van der Waals surface area (Å²) in [4.78, 5) is 0. The number of hydrogen-bond donors (Lipinski definition) is 2. The highest BCUT2D eigenvalue weighted by atomic mass is 32.1. The Kier molecular flexibility index (Phi) is 24.4. The third kappa shape index (κ3) is 187. The van der Waals surface area contributed by atoms with Crippen molar-refractivity contribution in [3.8, 4) is 5.40 Å². The summed E-state index contributed by atoms with van der Waals surface area (Å²) < 4.78 is 0. The van der Waals surface area contributed by atoms with Crippen LogP contribution in [0.3, 0.4) is 0 Å². The molecular weight excluding hydrogens is 112 g/mol. The van der Waals surface area contributed by atoms with Crippen molar-refractivity contribution in [2.24, 2.45) is 5.73 Å². The Balaban J connectivity index is 0. The van der Waals surface area contributed by atoms with E-state index in [0.717, 1.165) is 0 Å². The normalized spacial score (nSPS) is 5.29. The highest BCUT2D eigenvalue weighted by molar-refractivity contribution is 7.64. The van der Waals surface area contributed by atoms with Gasteiger partial charge in [0.1, 0.15) is 0 Å². The number of aliphatic hydroxyl groups is 1. The fourth-order valence-corrected chi connectivity index (χ4v) is 0. The maximum absolute atomic E-state index is 7.75. The van der Waals surface area contributed by atoms with E-state index in [1.54, 1.807) is 0 Å². The van der Waals surface area contributed by atoms with Crippen LogP contribution < -0.4 is 5.73 Å². The molecule has 0 bridgehead atoms. The number of aliphatic hydroxyl groups excluding tert-OH is 1. The molecule has 0 aliphatic heterocycles. The van der Waals surface area contributed by atoms with E-state index in [2.05, 4.69) is 12.6 Å². The molecule has 3 nitrogen and oxygen atoms in total. The van der Waals surface area contributed by atoms with Crippen LogP contribution in [0.15, 0.2) is 0 Å². The van der Waals surface area contributed by atoms with Gasteiger partial charge in [0.05, 0.1) is 6.61 Å². The zero-order valence-corrected chi connectivity index (χ0v) is 4.61. The number of thiocyanates is 1. The Labute approximate surface area is 48.2 Å². The maximum atomic E-state index is 7.75. The van der Waals surface area contributed by atoms with Gasteiger partial charge in [-0.15, -0.1) is 0 Å². The van der Waals surface area contributed by atoms with Crippen LogP contribution in [0.5, 0.6) is 0 Å². The van der Waals surface area contributed by atoms with Gasteiger partial charge in [0.15, 0.2) is 0 Å². The molecule has 0 saturated heterocycles. The monoisotopic (exact) mass is 119 g/mol. The molecule has 0 fully saturated rings. The van der Waals surface area contributed by atoms with Crippen LogP contribution >= 0.6 is 0 Å². The molecule has 0 atom stereocenters. The summed E-state index contributed by atoms with van der Waals surface area (Å²) in [5.74, 6) is 0. The molecule has 0 heterocycles. The molecule has 0 radical (unpaired) electrons. The van der Waals surface area contributed by atoms with Gasteiger partial charge in [0, 0.05) is 6.54 Å².